The Balaban J connectivity index is 2.90. The second kappa shape index (κ2) is 6.25. The van der Waals surface area contributed by atoms with Gasteiger partial charge < -0.3 is 10.4 Å². The molecule has 0 saturated carbocycles. The summed E-state index contributed by atoms with van der Waals surface area (Å²) >= 11 is 0. The minimum atomic E-state index is -0.422. The van der Waals surface area contributed by atoms with Crippen LogP contribution >= 0.6 is 0 Å². The molecule has 0 aliphatic heterocycles. The molecule has 1 aromatic carbocycles. The predicted molar refractivity (Wildman–Crippen MR) is 68.4 cm³/mol. The first-order valence-corrected chi connectivity index (χ1v) is 6.19. The number of aliphatic hydroxyl groups excluding tert-OH is 1. The molecule has 2 nitrogen and oxygen atoms in total. The normalized spacial score (nSPS) is 14.9. The Morgan fingerprint density at radius 3 is 2.28 bits per heavy atom. The molecule has 0 heterocycles. The van der Waals surface area contributed by atoms with Crippen molar-refractivity contribution >= 4 is 0 Å². The number of aliphatic hydroxyl groups is 1. The van der Waals surface area contributed by atoms with Crippen molar-refractivity contribution < 1.29 is 13.9 Å². The van der Waals surface area contributed by atoms with E-state index in [-0.39, 0.29) is 30.2 Å². The summed E-state index contributed by atoms with van der Waals surface area (Å²) in [4.78, 5) is 0. The van der Waals surface area contributed by atoms with E-state index < -0.39 is 11.6 Å². The Morgan fingerprint density at radius 1 is 1.17 bits per heavy atom. The average Bonchev–Trinajstić information content (AvgIpc) is 2.29. The van der Waals surface area contributed by atoms with E-state index in [0.29, 0.717) is 5.56 Å². The van der Waals surface area contributed by atoms with Gasteiger partial charge in [0.05, 0.1) is 6.61 Å². The van der Waals surface area contributed by atoms with Crippen LogP contribution in [0.25, 0.3) is 0 Å². The highest BCUT2D eigenvalue weighted by Gasteiger charge is 2.19. The molecule has 102 valence electrons. The zero-order chi connectivity index (χ0) is 13.9. The van der Waals surface area contributed by atoms with Crippen molar-refractivity contribution in [2.45, 2.75) is 39.8 Å². The monoisotopic (exact) mass is 257 g/mol. The quantitative estimate of drug-likeness (QED) is 0.850. The summed E-state index contributed by atoms with van der Waals surface area (Å²) in [5.74, 6) is -0.615. The average molecular weight is 257 g/mol. The molecule has 0 aliphatic rings. The predicted octanol–water partition coefficient (Wildman–Crippen LogP) is 2.94. The van der Waals surface area contributed by atoms with E-state index in [9.17, 15) is 13.9 Å². The van der Waals surface area contributed by atoms with E-state index in [1.54, 1.807) is 6.92 Å². The van der Waals surface area contributed by atoms with Gasteiger partial charge in [-0.05, 0) is 37.5 Å². The van der Waals surface area contributed by atoms with Crippen molar-refractivity contribution in [1.29, 1.82) is 0 Å². The molecule has 1 unspecified atom stereocenters. The van der Waals surface area contributed by atoms with Crippen LogP contribution in [0.3, 0.4) is 0 Å². The molecule has 1 aromatic rings. The fourth-order valence-corrected chi connectivity index (χ4v) is 1.86. The van der Waals surface area contributed by atoms with Gasteiger partial charge in [0.15, 0.2) is 0 Å². The molecule has 0 radical (unpaired) electrons. The van der Waals surface area contributed by atoms with Crippen LogP contribution in [0.2, 0.25) is 0 Å². The van der Waals surface area contributed by atoms with E-state index >= 15 is 0 Å². The summed E-state index contributed by atoms with van der Waals surface area (Å²) in [5.41, 5.74) is 0.586. The second-order valence-electron chi connectivity index (χ2n) is 5.04. The van der Waals surface area contributed by atoms with Gasteiger partial charge in [-0.2, -0.15) is 0 Å². The first-order chi connectivity index (χ1) is 8.36. The van der Waals surface area contributed by atoms with Crippen LogP contribution in [0.5, 0.6) is 0 Å². The third-order valence-electron chi connectivity index (χ3n) is 3.21. The number of aryl methyl sites for hydroxylation is 1. The fourth-order valence-electron chi connectivity index (χ4n) is 1.86. The molecule has 2 atom stereocenters. The molecular weight excluding hydrogens is 236 g/mol. The Kier molecular flexibility index (Phi) is 5.23. The molecule has 0 fully saturated rings. The van der Waals surface area contributed by atoms with Gasteiger partial charge >= 0.3 is 0 Å². The van der Waals surface area contributed by atoms with E-state index in [1.165, 1.54) is 19.1 Å². The summed E-state index contributed by atoms with van der Waals surface area (Å²) in [6.07, 6.45) is 0. The number of rotatable bonds is 5. The van der Waals surface area contributed by atoms with Gasteiger partial charge in [-0.3, -0.25) is 0 Å². The number of halogens is 2. The van der Waals surface area contributed by atoms with Crippen molar-refractivity contribution in [2.75, 3.05) is 6.61 Å². The number of hydrogen-bond acceptors (Lipinski definition) is 2. The summed E-state index contributed by atoms with van der Waals surface area (Å²) in [7, 11) is 0. The molecule has 0 spiro atoms. The van der Waals surface area contributed by atoms with Crippen LogP contribution in [0.1, 0.15) is 37.9 Å². The molecule has 2 N–H and O–H groups in total. The second-order valence-corrected chi connectivity index (χ2v) is 5.04. The largest absolute Gasteiger partial charge is 0.395 e. The van der Waals surface area contributed by atoms with Crippen molar-refractivity contribution in [3.05, 3.63) is 34.9 Å². The molecule has 0 aromatic heterocycles. The van der Waals surface area contributed by atoms with Crippen LogP contribution in [0, 0.1) is 24.5 Å². The molecule has 1 rings (SSSR count). The zero-order valence-corrected chi connectivity index (χ0v) is 11.3. The van der Waals surface area contributed by atoms with Crippen LogP contribution < -0.4 is 5.32 Å². The molecule has 4 heteroatoms. The smallest absolute Gasteiger partial charge is 0.128 e. The Bertz CT molecular complexity index is 407. The molecule has 0 amide bonds. The minimum absolute atomic E-state index is 0.0298. The standard InChI is InChI=1S/C14H21F2NO/c1-8(2)14(7-18)17-10(4)11-6-12(15)9(3)5-13(11)16/h5-6,8,10,14,17-18H,7H2,1-4H3/t10?,14-/m1/s1. The van der Waals surface area contributed by atoms with Gasteiger partial charge in [0.2, 0.25) is 0 Å². The Hall–Kier alpha value is -1.00. The topological polar surface area (TPSA) is 32.3 Å². The van der Waals surface area contributed by atoms with Gasteiger partial charge in [-0.1, -0.05) is 13.8 Å². The fraction of sp³-hybridized carbons (Fsp3) is 0.571. The van der Waals surface area contributed by atoms with Crippen LogP contribution in [0.15, 0.2) is 12.1 Å². The Morgan fingerprint density at radius 2 is 1.78 bits per heavy atom. The van der Waals surface area contributed by atoms with Gasteiger partial charge in [0, 0.05) is 17.6 Å². The van der Waals surface area contributed by atoms with Crippen LogP contribution in [-0.4, -0.2) is 17.8 Å². The van der Waals surface area contributed by atoms with Gasteiger partial charge in [0.25, 0.3) is 0 Å². The Labute approximate surface area is 107 Å². The summed E-state index contributed by atoms with van der Waals surface area (Å²) in [5, 5.41) is 12.3. The lowest BCUT2D eigenvalue weighted by molar-refractivity contribution is 0.200. The number of hydrogen-bond donors (Lipinski definition) is 2. The first kappa shape index (κ1) is 15.1. The maximum atomic E-state index is 13.8. The van der Waals surface area contributed by atoms with E-state index in [0.717, 1.165) is 0 Å². The molecule has 0 bridgehead atoms. The summed E-state index contributed by atoms with van der Waals surface area (Å²) in [6.45, 7) is 7.19. The van der Waals surface area contributed by atoms with E-state index in [4.69, 9.17) is 0 Å². The first-order valence-electron chi connectivity index (χ1n) is 6.19. The van der Waals surface area contributed by atoms with Crippen molar-refractivity contribution in [2.24, 2.45) is 5.92 Å². The van der Waals surface area contributed by atoms with Crippen LogP contribution in [0.4, 0.5) is 8.78 Å². The van der Waals surface area contributed by atoms with Crippen molar-refractivity contribution in [1.82, 2.24) is 5.32 Å². The molecular formula is C14H21F2NO. The zero-order valence-electron chi connectivity index (χ0n) is 11.3. The lowest BCUT2D eigenvalue weighted by Gasteiger charge is -2.25. The van der Waals surface area contributed by atoms with Crippen molar-refractivity contribution in [3.63, 3.8) is 0 Å². The SMILES string of the molecule is Cc1cc(F)c(C(C)N[C@H](CO)C(C)C)cc1F. The van der Waals surface area contributed by atoms with E-state index in [1.807, 2.05) is 13.8 Å². The highest BCUT2D eigenvalue weighted by atomic mass is 19.1. The van der Waals surface area contributed by atoms with Gasteiger partial charge in [-0.15, -0.1) is 0 Å². The molecule has 0 aliphatic carbocycles. The van der Waals surface area contributed by atoms with Crippen molar-refractivity contribution in [3.8, 4) is 0 Å². The van der Waals surface area contributed by atoms with Gasteiger partial charge in [-0.25, -0.2) is 8.78 Å². The van der Waals surface area contributed by atoms with E-state index in [2.05, 4.69) is 5.32 Å². The number of nitrogens with one attached hydrogen (secondary N) is 1. The number of benzene rings is 1. The third kappa shape index (κ3) is 3.50. The highest BCUT2D eigenvalue weighted by Crippen LogP contribution is 2.21. The van der Waals surface area contributed by atoms with Crippen LogP contribution in [-0.2, 0) is 0 Å². The summed E-state index contributed by atoms with van der Waals surface area (Å²) < 4.78 is 27.2. The molecule has 18 heavy (non-hydrogen) atoms. The summed E-state index contributed by atoms with van der Waals surface area (Å²) in [6, 6.07) is 1.94. The lowest BCUT2D eigenvalue weighted by atomic mass is 10.0. The molecule has 0 saturated heterocycles. The lowest BCUT2D eigenvalue weighted by Crippen LogP contribution is -2.38. The maximum absolute atomic E-state index is 13.8. The third-order valence-corrected chi connectivity index (χ3v) is 3.21. The minimum Gasteiger partial charge on any atom is -0.395 e. The van der Waals surface area contributed by atoms with Gasteiger partial charge in [0.1, 0.15) is 11.6 Å². The highest BCUT2D eigenvalue weighted by molar-refractivity contribution is 5.27. The maximum Gasteiger partial charge on any atom is 0.128 e.